The molecule has 1 aromatic heterocycles. The van der Waals surface area contributed by atoms with Crippen molar-refractivity contribution in [1.29, 1.82) is 0 Å². The molecule has 2 aromatic carbocycles. The number of benzene rings is 2. The maximum Gasteiger partial charge on any atom is 0.339 e. The SMILES string of the molecule is CC(C)(OC(=O)c1cccc(-[s+]2ccc3ccccc32)c1)C1=CC=CC1. The van der Waals surface area contributed by atoms with Gasteiger partial charge in [-0.15, -0.1) is 0 Å². The molecule has 3 aromatic rings. The van der Waals surface area contributed by atoms with E-state index in [1.807, 2.05) is 44.2 Å². The molecule has 3 heteroatoms. The van der Waals surface area contributed by atoms with Crippen LogP contribution < -0.4 is 0 Å². The van der Waals surface area contributed by atoms with E-state index in [2.05, 4.69) is 47.9 Å². The molecule has 0 bridgehead atoms. The highest BCUT2D eigenvalue weighted by molar-refractivity contribution is 7.43. The molecule has 130 valence electrons. The first-order valence-electron chi connectivity index (χ1n) is 8.74. The highest BCUT2D eigenvalue weighted by Crippen LogP contribution is 2.40. The summed E-state index contributed by atoms with van der Waals surface area (Å²) >= 11 is 0. The van der Waals surface area contributed by atoms with E-state index in [0.717, 1.165) is 16.9 Å². The van der Waals surface area contributed by atoms with Gasteiger partial charge in [-0.2, -0.15) is 0 Å². The summed E-state index contributed by atoms with van der Waals surface area (Å²) in [5, 5.41) is 3.47. The molecule has 0 saturated carbocycles. The molecule has 0 amide bonds. The van der Waals surface area contributed by atoms with Crippen molar-refractivity contribution in [2.75, 3.05) is 0 Å². The number of esters is 1. The van der Waals surface area contributed by atoms with E-state index in [0.29, 0.717) is 5.56 Å². The van der Waals surface area contributed by atoms with Crippen LogP contribution in [0, 0.1) is 0 Å². The van der Waals surface area contributed by atoms with Crippen LogP contribution in [0.25, 0.3) is 15.0 Å². The second-order valence-corrected chi connectivity index (χ2v) is 8.79. The third kappa shape index (κ3) is 3.11. The first-order chi connectivity index (χ1) is 12.5. The minimum atomic E-state index is -0.598. The van der Waals surface area contributed by atoms with Crippen molar-refractivity contribution in [2.45, 2.75) is 25.9 Å². The van der Waals surface area contributed by atoms with E-state index >= 15 is 0 Å². The van der Waals surface area contributed by atoms with Crippen LogP contribution in [0.3, 0.4) is 0 Å². The van der Waals surface area contributed by atoms with Gasteiger partial charge in [0, 0.05) is 28.0 Å². The van der Waals surface area contributed by atoms with Crippen LogP contribution in [0.4, 0.5) is 0 Å². The van der Waals surface area contributed by atoms with Gasteiger partial charge in [0.15, 0.2) is 9.60 Å². The summed E-state index contributed by atoms with van der Waals surface area (Å²) in [4.78, 5) is 13.9. The molecule has 0 N–H and O–H groups in total. The second-order valence-electron chi connectivity index (χ2n) is 6.93. The van der Waals surface area contributed by atoms with Crippen LogP contribution in [0.2, 0.25) is 0 Å². The standard InChI is InChI=1S/C23H21O2S/c1-23(2,19-10-4-5-11-19)25-22(24)18-9-7-12-20(16-18)26-15-14-17-8-3-6-13-21(17)26/h3-10,12-16H,11H2,1-2H3/q+1. The molecule has 0 fully saturated rings. The van der Waals surface area contributed by atoms with E-state index in [-0.39, 0.29) is 16.4 Å². The first-order valence-corrected chi connectivity index (χ1v) is 10.0. The quantitative estimate of drug-likeness (QED) is 0.397. The Morgan fingerprint density at radius 2 is 1.92 bits per heavy atom. The number of thiophene rings is 1. The maximum absolute atomic E-state index is 12.7. The van der Waals surface area contributed by atoms with Crippen molar-refractivity contribution in [2.24, 2.45) is 0 Å². The molecule has 0 aliphatic heterocycles. The number of ether oxygens (including phenoxy) is 1. The number of carbonyl (C=O) groups is 1. The van der Waals surface area contributed by atoms with Crippen LogP contribution in [-0.4, -0.2) is 11.6 Å². The smallest absolute Gasteiger partial charge is 0.339 e. The van der Waals surface area contributed by atoms with Crippen LogP contribution in [0.1, 0.15) is 30.6 Å². The lowest BCUT2D eigenvalue weighted by Crippen LogP contribution is -2.30. The van der Waals surface area contributed by atoms with E-state index in [9.17, 15) is 4.79 Å². The predicted molar refractivity (Wildman–Crippen MR) is 109 cm³/mol. The van der Waals surface area contributed by atoms with Crippen LogP contribution in [0.5, 0.6) is 0 Å². The lowest BCUT2D eigenvalue weighted by atomic mass is 9.97. The van der Waals surface area contributed by atoms with Crippen LogP contribution in [-0.2, 0) is 4.74 Å². The molecule has 1 unspecified atom stereocenters. The third-order valence-corrected chi connectivity index (χ3v) is 6.77. The van der Waals surface area contributed by atoms with E-state index in [4.69, 9.17) is 4.74 Å². The summed E-state index contributed by atoms with van der Waals surface area (Å²) in [5.74, 6) is -0.273. The molecule has 26 heavy (non-hydrogen) atoms. The summed E-state index contributed by atoms with van der Waals surface area (Å²) < 4.78 is 7.14. The molecule has 1 atom stereocenters. The summed E-state index contributed by atoms with van der Waals surface area (Å²) in [5.41, 5.74) is 1.13. The number of allylic oxidation sites excluding steroid dienone is 3. The largest absolute Gasteiger partial charge is 0.452 e. The first kappa shape index (κ1) is 16.8. The van der Waals surface area contributed by atoms with Gasteiger partial charge in [0.2, 0.25) is 0 Å². The average Bonchev–Trinajstić information content (AvgIpc) is 3.32. The summed E-state index contributed by atoms with van der Waals surface area (Å²) in [7, 11) is -0.127. The fourth-order valence-corrected chi connectivity index (χ4v) is 5.18. The van der Waals surface area contributed by atoms with Crippen molar-refractivity contribution in [3.05, 3.63) is 89.3 Å². The summed E-state index contributed by atoms with van der Waals surface area (Å²) in [6.07, 6.45) is 6.96. The maximum atomic E-state index is 12.7. The minimum absolute atomic E-state index is 0.127. The molecular weight excluding hydrogens is 340 g/mol. The number of hydrogen-bond acceptors (Lipinski definition) is 2. The number of fused-ring (bicyclic) bond motifs is 1. The van der Waals surface area contributed by atoms with Gasteiger partial charge in [0.05, 0.1) is 5.56 Å². The molecule has 1 heterocycles. The van der Waals surface area contributed by atoms with Gasteiger partial charge in [-0.05, 0) is 50.1 Å². The Bertz CT molecular complexity index is 1040. The molecule has 1 aliphatic rings. The Hall–Kier alpha value is -2.65. The molecular formula is C23H21O2S+. The van der Waals surface area contributed by atoms with E-state index < -0.39 is 5.60 Å². The molecule has 0 spiro atoms. The molecule has 1 aliphatic carbocycles. The van der Waals surface area contributed by atoms with Gasteiger partial charge in [-0.25, -0.2) is 4.79 Å². The fraction of sp³-hybridized carbons (Fsp3) is 0.174. The lowest BCUT2D eigenvalue weighted by molar-refractivity contribution is 0.0129. The van der Waals surface area contributed by atoms with Gasteiger partial charge in [0.1, 0.15) is 11.0 Å². The second kappa shape index (κ2) is 6.58. The van der Waals surface area contributed by atoms with E-state index in [1.54, 1.807) is 0 Å². The van der Waals surface area contributed by atoms with Crippen molar-refractivity contribution >= 4 is 26.5 Å². The van der Waals surface area contributed by atoms with Crippen molar-refractivity contribution in [3.63, 3.8) is 0 Å². The highest BCUT2D eigenvalue weighted by Gasteiger charge is 2.29. The average molecular weight is 361 g/mol. The molecule has 0 saturated heterocycles. The zero-order valence-electron chi connectivity index (χ0n) is 14.9. The van der Waals surface area contributed by atoms with Gasteiger partial charge in [-0.1, -0.05) is 36.4 Å². The van der Waals surface area contributed by atoms with Crippen LogP contribution in [0.15, 0.2) is 83.8 Å². The van der Waals surface area contributed by atoms with Crippen LogP contribution >= 0.6 is 10.5 Å². The zero-order chi connectivity index (χ0) is 18.1. The van der Waals surface area contributed by atoms with Gasteiger partial charge in [-0.3, -0.25) is 0 Å². The Balaban J connectivity index is 1.62. The number of rotatable bonds is 4. The van der Waals surface area contributed by atoms with Gasteiger partial charge >= 0.3 is 5.97 Å². The Kier molecular flexibility index (Phi) is 4.25. The lowest BCUT2D eigenvalue weighted by Gasteiger charge is -2.26. The third-order valence-electron chi connectivity index (χ3n) is 4.76. The highest BCUT2D eigenvalue weighted by atomic mass is 32.2. The Labute approximate surface area is 156 Å². The predicted octanol–water partition coefficient (Wildman–Crippen LogP) is 6.40. The van der Waals surface area contributed by atoms with Gasteiger partial charge in [0.25, 0.3) is 0 Å². The van der Waals surface area contributed by atoms with Crippen molar-refractivity contribution in [3.8, 4) is 4.90 Å². The zero-order valence-corrected chi connectivity index (χ0v) is 15.8. The van der Waals surface area contributed by atoms with Gasteiger partial charge < -0.3 is 4.74 Å². The Morgan fingerprint density at radius 1 is 1.08 bits per heavy atom. The summed E-state index contributed by atoms with van der Waals surface area (Å²) in [6.45, 7) is 3.90. The summed E-state index contributed by atoms with van der Waals surface area (Å²) in [6, 6.07) is 18.4. The number of carbonyl (C=O) groups excluding carboxylic acids is 1. The van der Waals surface area contributed by atoms with E-state index in [1.165, 1.54) is 10.1 Å². The Morgan fingerprint density at radius 3 is 2.73 bits per heavy atom. The fourth-order valence-electron chi connectivity index (χ4n) is 3.25. The molecule has 4 rings (SSSR count). The van der Waals surface area contributed by atoms with Crippen molar-refractivity contribution < 1.29 is 9.53 Å². The topological polar surface area (TPSA) is 26.3 Å². The molecule has 2 nitrogen and oxygen atoms in total. The monoisotopic (exact) mass is 361 g/mol. The van der Waals surface area contributed by atoms with Crippen molar-refractivity contribution in [1.82, 2.24) is 0 Å². The normalized spacial score (nSPS) is 14.5. The molecule has 0 radical (unpaired) electrons. The number of hydrogen-bond donors (Lipinski definition) is 0. The minimum Gasteiger partial charge on any atom is -0.452 e.